The molecule has 2 amide bonds. The van der Waals surface area contributed by atoms with Crippen molar-refractivity contribution in [2.45, 2.75) is 40.0 Å². The molecule has 1 aromatic heterocycles. The number of anilines is 1. The first-order valence-electron chi connectivity index (χ1n) is 9.71. The van der Waals surface area contributed by atoms with Crippen LogP contribution in [0.1, 0.15) is 59.7 Å². The van der Waals surface area contributed by atoms with Crippen molar-refractivity contribution in [2.24, 2.45) is 5.73 Å². The summed E-state index contributed by atoms with van der Waals surface area (Å²) in [6, 6.07) is 5.30. The highest BCUT2D eigenvalue weighted by molar-refractivity contribution is 6.10. The maximum Gasteiger partial charge on any atom is 0.342 e. The molecule has 31 heavy (non-hydrogen) atoms. The molecule has 0 fully saturated rings. The van der Waals surface area contributed by atoms with E-state index in [1.807, 2.05) is 26.8 Å². The second-order valence-corrected chi connectivity index (χ2v) is 7.77. The van der Waals surface area contributed by atoms with Gasteiger partial charge in [0.15, 0.2) is 6.61 Å². The molecular formula is C22H28N2O7. The summed E-state index contributed by atoms with van der Waals surface area (Å²) in [5.41, 5.74) is 5.64. The zero-order valence-corrected chi connectivity index (χ0v) is 18.6. The number of ether oxygens (including phenoxy) is 3. The van der Waals surface area contributed by atoms with Crippen molar-refractivity contribution in [1.82, 2.24) is 0 Å². The molecule has 2 rings (SSSR count). The number of carbonyl (C=O) groups is 3. The summed E-state index contributed by atoms with van der Waals surface area (Å²) in [6.45, 7) is 8.88. The van der Waals surface area contributed by atoms with E-state index in [2.05, 4.69) is 5.32 Å². The second kappa shape index (κ2) is 9.55. The molecule has 9 nitrogen and oxygen atoms in total. The number of esters is 1. The molecule has 0 spiro atoms. The number of hydrogen-bond donors (Lipinski definition) is 2. The van der Waals surface area contributed by atoms with Gasteiger partial charge in [-0.3, -0.25) is 14.9 Å². The van der Waals surface area contributed by atoms with Gasteiger partial charge in [0.2, 0.25) is 5.88 Å². The Morgan fingerprint density at radius 1 is 1.16 bits per heavy atom. The number of rotatable bonds is 8. The number of furan rings is 1. The second-order valence-electron chi connectivity index (χ2n) is 7.77. The van der Waals surface area contributed by atoms with E-state index in [1.54, 1.807) is 26.2 Å². The lowest BCUT2D eigenvalue weighted by Gasteiger charge is -2.23. The number of benzene rings is 1. The van der Waals surface area contributed by atoms with Crippen LogP contribution in [0.4, 0.5) is 5.88 Å². The van der Waals surface area contributed by atoms with E-state index >= 15 is 0 Å². The molecule has 0 atom stereocenters. The molecule has 0 unspecified atom stereocenters. The van der Waals surface area contributed by atoms with Crippen LogP contribution in [0.3, 0.4) is 0 Å². The van der Waals surface area contributed by atoms with E-state index < -0.39 is 17.8 Å². The highest BCUT2D eigenvalue weighted by atomic mass is 16.5. The van der Waals surface area contributed by atoms with Crippen molar-refractivity contribution in [2.75, 3.05) is 25.6 Å². The van der Waals surface area contributed by atoms with Gasteiger partial charge in [-0.2, -0.15) is 0 Å². The predicted molar refractivity (Wildman–Crippen MR) is 114 cm³/mol. The van der Waals surface area contributed by atoms with E-state index in [-0.39, 0.29) is 41.4 Å². The van der Waals surface area contributed by atoms with Gasteiger partial charge in [0, 0.05) is 5.56 Å². The molecule has 2 aromatic rings. The first-order valence-corrected chi connectivity index (χ1v) is 9.71. The fourth-order valence-corrected chi connectivity index (χ4v) is 2.97. The number of methoxy groups -OCH3 is 1. The molecule has 0 aliphatic carbocycles. The molecular weight excluding hydrogens is 404 g/mol. The maximum atomic E-state index is 12.5. The molecule has 9 heteroatoms. The topological polar surface area (TPSA) is 130 Å². The summed E-state index contributed by atoms with van der Waals surface area (Å²) in [5.74, 6) is -1.22. The molecule has 1 aromatic carbocycles. The zero-order chi connectivity index (χ0) is 23.3. The van der Waals surface area contributed by atoms with E-state index in [0.29, 0.717) is 11.5 Å². The van der Waals surface area contributed by atoms with E-state index in [4.69, 9.17) is 24.4 Å². The van der Waals surface area contributed by atoms with Crippen molar-refractivity contribution in [3.8, 4) is 11.5 Å². The van der Waals surface area contributed by atoms with Crippen LogP contribution >= 0.6 is 0 Å². The lowest BCUT2D eigenvalue weighted by Crippen LogP contribution is -2.24. The fraction of sp³-hybridized carbons (Fsp3) is 0.409. The van der Waals surface area contributed by atoms with Crippen LogP contribution in [0.2, 0.25) is 0 Å². The van der Waals surface area contributed by atoms with Gasteiger partial charge in [0.1, 0.15) is 28.4 Å². The van der Waals surface area contributed by atoms with Crippen molar-refractivity contribution in [1.29, 1.82) is 0 Å². The summed E-state index contributed by atoms with van der Waals surface area (Å²) in [6.07, 6.45) is 0. The fourth-order valence-electron chi connectivity index (χ4n) is 2.97. The summed E-state index contributed by atoms with van der Waals surface area (Å²) in [7, 11) is 1.57. The Bertz CT molecular complexity index is 986. The van der Waals surface area contributed by atoms with Crippen LogP contribution in [0.25, 0.3) is 0 Å². The Hall–Kier alpha value is -3.49. The van der Waals surface area contributed by atoms with Gasteiger partial charge >= 0.3 is 5.97 Å². The van der Waals surface area contributed by atoms with Crippen LogP contribution in [0.5, 0.6) is 11.5 Å². The Morgan fingerprint density at radius 3 is 2.39 bits per heavy atom. The van der Waals surface area contributed by atoms with Crippen LogP contribution in [0.15, 0.2) is 22.6 Å². The Balaban J connectivity index is 2.22. The Labute approximate surface area is 180 Å². The molecule has 0 saturated carbocycles. The van der Waals surface area contributed by atoms with E-state index in [1.165, 1.54) is 6.92 Å². The van der Waals surface area contributed by atoms with E-state index in [9.17, 15) is 14.4 Å². The van der Waals surface area contributed by atoms with E-state index in [0.717, 1.165) is 5.56 Å². The smallest absolute Gasteiger partial charge is 0.342 e. The monoisotopic (exact) mass is 432 g/mol. The van der Waals surface area contributed by atoms with Crippen molar-refractivity contribution in [3.63, 3.8) is 0 Å². The Kier molecular flexibility index (Phi) is 7.32. The normalized spacial score (nSPS) is 11.0. The number of carbonyl (C=O) groups excluding carboxylic acids is 3. The van der Waals surface area contributed by atoms with Gasteiger partial charge in [0.05, 0.1) is 13.7 Å². The van der Waals surface area contributed by atoms with Gasteiger partial charge in [-0.1, -0.05) is 20.8 Å². The quantitative estimate of drug-likeness (QED) is 0.613. The van der Waals surface area contributed by atoms with Gasteiger partial charge in [0.25, 0.3) is 11.8 Å². The number of hydrogen-bond acceptors (Lipinski definition) is 7. The summed E-state index contributed by atoms with van der Waals surface area (Å²) >= 11 is 0. The van der Waals surface area contributed by atoms with Crippen molar-refractivity contribution < 1.29 is 33.0 Å². The van der Waals surface area contributed by atoms with Crippen LogP contribution in [-0.4, -0.2) is 38.1 Å². The first-order chi connectivity index (χ1) is 14.5. The van der Waals surface area contributed by atoms with Crippen LogP contribution in [0, 0.1) is 6.92 Å². The number of nitrogens with two attached hydrogens (primary N) is 1. The summed E-state index contributed by atoms with van der Waals surface area (Å²) < 4.78 is 21.3. The zero-order valence-electron chi connectivity index (χ0n) is 18.6. The van der Waals surface area contributed by atoms with Crippen LogP contribution in [-0.2, 0) is 14.9 Å². The first kappa shape index (κ1) is 23.8. The highest BCUT2D eigenvalue weighted by Crippen LogP contribution is 2.34. The minimum atomic E-state index is -0.929. The average Bonchev–Trinajstić information content (AvgIpc) is 3.01. The number of aryl methyl sites for hydroxylation is 1. The molecule has 0 radical (unpaired) electrons. The van der Waals surface area contributed by atoms with Gasteiger partial charge in [-0.05, 0) is 37.5 Å². The predicted octanol–water partition coefficient (Wildman–Crippen LogP) is 3.19. The average molecular weight is 432 g/mol. The standard InChI is InChI=1S/C22H28N2O7/c1-7-29-21(27)17-12(2)31-20(18(17)19(23)26)24-16(25)11-30-15-9-8-13(28-6)10-14(15)22(3,4)5/h8-10H,7,11H2,1-6H3,(H2,23,26)(H,24,25). The number of nitrogens with one attached hydrogen (secondary N) is 1. The maximum absolute atomic E-state index is 12.5. The lowest BCUT2D eigenvalue weighted by molar-refractivity contribution is -0.118. The third-order valence-electron chi connectivity index (χ3n) is 4.42. The molecule has 0 saturated heterocycles. The third kappa shape index (κ3) is 5.56. The SMILES string of the molecule is CCOC(=O)c1c(C)oc(NC(=O)COc2ccc(OC)cc2C(C)(C)C)c1C(N)=O. The van der Waals surface area contributed by atoms with Crippen LogP contribution < -0.4 is 20.5 Å². The highest BCUT2D eigenvalue weighted by Gasteiger charge is 2.29. The van der Waals surface area contributed by atoms with Gasteiger partial charge < -0.3 is 24.4 Å². The molecule has 168 valence electrons. The van der Waals surface area contributed by atoms with Crippen molar-refractivity contribution in [3.05, 3.63) is 40.6 Å². The molecule has 0 aliphatic rings. The largest absolute Gasteiger partial charge is 0.497 e. The van der Waals surface area contributed by atoms with Gasteiger partial charge in [-0.15, -0.1) is 0 Å². The minimum absolute atomic E-state index is 0.105. The molecule has 0 bridgehead atoms. The minimum Gasteiger partial charge on any atom is -0.497 e. The summed E-state index contributed by atoms with van der Waals surface area (Å²) in [4.78, 5) is 36.5. The van der Waals surface area contributed by atoms with Crippen molar-refractivity contribution >= 4 is 23.7 Å². The third-order valence-corrected chi connectivity index (χ3v) is 4.42. The number of primary amides is 1. The molecule has 0 aliphatic heterocycles. The summed E-state index contributed by atoms with van der Waals surface area (Å²) in [5, 5.41) is 2.44. The van der Waals surface area contributed by atoms with Gasteiger partial charge in [-0.25, -0.2) is 4.79 Å². The number of amides is 2. The lowest BCUT2D eigenvalue weighted by atomic mass is 9.86. The molecule has 1 heterocycles. The Morgan fingerprint density at radius 2 is 1.84 bits per heavy atom. The molecule has 3 N–H and O–H groups in total.